The number of hydrogen-bond acceptors (Lipinski definition) is 5. The molecule has 0 aliphatic carbocycles. The number of carbonyl (C=O) groups is 3. The number of nitrogens with two attached hydrogens (primary N) is 1. The summed E-state index contributed by atoms with van der Waals surface area (Å²) in [5.41, 5.74) is 8.81. The second kappa shape index (κ2) is 13.1. The van der Waals surface area contributed by atoms with E-state index in [2.05, 4.69) is 22.2 Å². The van der Waals surface area contributed by atoms with Crippen LogP contribution in [-0.4, -0.2) is 34.2 Å². The Morgan fingerprint density at radius 2 is 1.64 bits per heavy atom. The first kappa shape index (κ1) is 28.0. The predicted octanol–water partition coefficient (Wildman–Crippen LogP) is 5.64. The Kier molecular flexibility index (Phi) is 9.41. The van der Waals surface area contributed by atoms with Gasteiger partial charge in [-0.3, -0.25) is 19.3 Å². The van der Waals surface area contributed by atoms with Gasteiger partial charge < -0.3 is 11.1 Å². The molecule has 0 bridgehead atoms. The molecule has 4 rings (SSSR count). The van der Waals surface area contributed by atoms with Crippen LogP contribution in [0.25, 0.3) is 11.4 Å². The minimum absolute atomic E-state index is 0.0330. The van der Waals surface area contributed by atoms with Crippen molar-refractivity contribution in [2.24, 2.45) is 5.73 Å². The fourth-order valence-electron chi connectivity index (χ4n) is 4.82. The molecule has 2 heterocycles. The zero-order valence-corrected chi connectivity index (χ0v) is 22.8. The lowest BCUT2D eigenvalue weighted by Crippen LogP contribution is -2.25. The van der Waals surface area contributed by atoms with Crippen LogP contribution in [0.2, 0.25) is 0 Å². The molecule has 0 radical (unpaired) electrons. The standard InChI is InChI=1S/C31H37N5O3/c1-3-4-5-6-7-8-9-10-18-33-31(39)23-12-11-13-24(19-23)36-26(37)20-25-27(28(32)38)34-29(35-30(25)36)22-16-14-21(2)15-17-22/h11-17,19H,3-10,18,20H2,1-2H3,(H2,32,38)(H,33,39). The molecule has 39 heavy (non-hydrogen) atoms. The van der Waals surface area contributed by atoms with Crippen LogP contribution in [0.1, 0.15) is 90.3 Å². The summed E-state index contributed by atoms with van der Waals surface area (Å²) in [4.78, 5) is 48.8. The molecule has 0 saturated heterocycles. The fourth-order valence-corrected chi connectivity index (χ4v) is 4.82. The van der Waals surface area contributed by atoms with Crippen molar-refractivity contribution in [3.05, 3.63) is 70.9 Å². The van der Waals surface area contributed by atoms with Crippen molar-refractivity contribution < 1.29 is 14.4 Å². The summed E-state index contributed by atoms with van der Waals surface area (Å²) in [7, 11) is 0. The van der Waals surface area contributed by atoms with E-state index in [4.69, 9.17) is 5.73 Å². The van der Waals surface area contributed by atoms with Gasteiger partial charge in [0, 0.05) is 23.2 Å². The van der Waals surface area contributed by atoms with Gasteiger partial charge in [-0.15, -0.1) is 0 Å². The number of aromatic nitrogens is 2. The minimum Gasteiger partial charge on any atom is -0.364 e. The van der Waals surface area contributed by atoms with E-state index in [0.717, 1.165) is 18.4 Å². The van der Waals surface area contributed by atoms with Gasteiger partial charge in [-0.2, -0.15) is 0 Å². The topological polar surface area (TPSA) is 118 Å². The Balaban J connectivity index is 1.48. The molecule has 1 aliphatic heterocycles. The van der Waals surface area contributed by atoms with Gasteiger partial charge in [0.25, 0.3) is 11.8 Å². The van der Waals surface area contributed by atoms with Crippen molar-refractivity contribution >= 4 is 29.2 Å². The molecule has 0 saturated carbocycles. The lowest BCUT2D eigenvalue weighted by molar-refractivity contribution is -0.116. The molecular weight excluding hydrogens is 490 g/mol. The van der Waals surface area contributed by atoms with Crippen molar-refractivity contribution in [1.82, 2.24) is 15.3 Å². The molecule has 0 fully saturated rings. The van der Waals surface area contributed by atoms with E-state index in [0.29, 0.717) is 40.6 Å². The summed E-state index contributed by atoms with van der Waals surface area (Å²) >= 11 is 0. The maximum atomic E-state index is 13.1. The monoisotopic (exact) mass is 527 g/mol. The number of benzene rings is 2. The zero-order valence-electron chi connectivity index (χ0n) is 22.8. The molecule has 204 valence electrons. The normalized spacial score (nSPS) is 12.5. The van der Waals surface area contributed by atoms with E-state index < -0.39 is 5.91 Å². The van der Waals surface area contributed by atoms with E-state index in [-0.39, 0.29) is 23.9 Å². The highest BCUT2D eigenvalue weighted by atomic mass is 16.2. The minimum atomic E-state index is -0.717. The number of unbranched alkanes of at least 4 members (excludes halogenated alkanes) is 7. The first-order chi connectivity index (χ1) is 18.9. The van der Waals surface area contributed by atoms with Crippen LogP contribution >= 0.6 is 0 Å². The third kappa shape index (κ3) is 6.88. The first-order valence-electron chi connectivity index (χ1n) is 13.9. The van der Waals surface area contributed by atoms with Crippen LogP contribution in [0.5, 0.6) is 0 Å². The molecular formula is C31H37N5O3. The Bertz CT molecular complexity index is 1340. The number of amides is 3. The zero-order chi connectivity index (χ0) is 27.8. The molecule has 2 aromatic carbocycles. The van der Waals surface area contributed by atoms with Crippen molar-refractivity contribution in [1.29, 1.82) is 0 Å². The molecule has 0 spiro atoms. The van der Waals surface area contributed by atoms with Crippen LogP contribution < -0.4 is 16.0 Å². The smallest absolute Gasteiger partial charge is 0.267 e. The fraction of sp³-hybridized carbons (Fsp3) is 0.387. The summed E-state index contributed by atoms with van der Waals surface area (Å²) in [5, 5.41) is 2.99. The Morgan fingerprint density at radius 1 is 0.949 bits per heavy atom. The number of aryl methyl sites for hydroxylation is 1. The third-order valence-corrected chi connectivity index (χ3v) is 7.00. The summed E-state index contributed by atoms with van der Waals surface area (Å²) in [6.45, 7) is 4.80. The number of hydrogen-bond donors (Lipinski definition) is 2. The molecule has 3 amide bonds. The highest BCUT2D eigenvalue weighted by Gasteiger charge is 2.35. The van der Waals surface area contributed by atoms with Crippen LogP contribution in [0.4, 0.5) is 11.5 Å². The highest BCUT2D eigenvalue weighted by Crippen LogP contribution is 2.37. The molecule has 8 heteroatoms. The number of nitrogens with zero attached hydrogens (tertiary/aromatic N) is 3. The second-order valence-corrected chi connectivity index (χ2v) is 10.1. The maximum absolute atomic E-state index is 13.1. The van der Waals surface area contributed by atoms with Gasteiger partial charge in [0.2, 0.25) is 5.91 Å². The van der Waals surface area contributed by atoms with Gasteiger partial charge in [-0.05, 0) is 31.5 Å². The molecule has 8 nitrogen and oxygen atoms in total. The van der Waals surface area contributed by atoms with Gasteiger partial charge in [-0.25, -0.2) is 9.97 Å². The number of fused-ring (bicyclic) bond motifs is 1. The largest absolute Gasteiger partial charge is 0.364 e. The average molecular weight is 528 g/mol. The second-order valence-electron chi connectivity index (χ2n) is 10.1. The van der Waals surface area contributed by atoms with Crippen LogP contribution in [0.15, 0.2) is 48.5 Å². The Morgan fingerprint density at radius 3 is 2.33 bits per heavy atom. The van der Waals surface area contributed by atoms with E-state index >= 15 is 0 Å². The average Bonchev–Trinajstić information content (AvgIpc) is 3.27. The third-order valence-electron chi connectivity index (χ3n) is 7.00. The van der Waals surface area contributed by atoms with Gasteiger partial charge in [0.1, 0.15) is 11.5 Å². The highest BCUT2D eigenvalue weighted by molar-refractivity contribution is 6.10. The molecule has 3 N–H and O–H groups in total. The summed E-state index contributed by atoms with van der Waals surface area (Å²) in [6, 6.07) is 14.5. The van der Waals surface area contributed by atoms with E-state index in [9.17, 15) is 14.4 Å². The number of carbonyl (C=O) groups excluding carboxylic acids is 3. The number of rotatable bonds is 13. The van der Waals surface area contributed by atoms with Gasteiger partial charge in [0.15, 0.2) is 5.82 Å². The lowest BCUT2D eigenvalue weighted by Gasteiger charge is -2.18. The Hall–Kier alpha value is -4.07. The van der Waals surface area contributed by atoms with E-state index in [1.807, 2.05) is 31.2 Å². The molecule has 1 aromatic heterocycles. The Labute approximate surface area is 230 Å². The van der Waals surface area contributed by atoms with E-state index in [1.54, 1.807) is 24.3 Å². The molecule has 0 atom stereocenters. The lowest BCUT2D eigenvalue weighted by atomic mass is 10.1. The first-order valence-corrected chi connectivity index (χ1v) is 13.9. The van der Waals surface area contributed by atoms with Crippen molar-refractivity contribution in [3.63, 3.8) is 0 Å². The van der Waals surface area contributed by atoms with E-state index in [1.165, 1.54) is 43.4 Å². The maximum Gasteiger partial charge on any atom is 0.267 e. The quantitative estimate of drug-likeness (QED) is 0.279. The van der Waals surface area contributed by atoms with Crippen molar-refractivity contribution in [3.8, 4) is 11.4 Å². The van der Waals surface area contributed by atoms with Crippen LogP contribution in [-0.2, 0) is 11.2 Å². The van der Waals surface area contributed by atoms with Gasteiger partial charge in [0.05, 0.1) is 12.1 Å². The van der Waals surface area contributed by atoms with Gasteiger partial charge in [-0.1, -0.05) is 87.8 Å². The van der Waals surface area contributed by atoms with Crippen molar-refractivity contribution in [2.75, 3.05) is 11.4 Å². The SMILES string of the molecule is CCCCCCCCCCNC(=O)c1cccc(N2C(=O)Cc3c(C(N)=O)nc(-c4ccc(C)cc4)nc32)c1. The number of nitrogens with one attached hydrogen (secondary N) is 1. The van der Waals surface area contributed by atoms with Gasteiger partial charge >= 0.3 is 0 Å². The molecule has 0 unspecified atom stereocenters. The summed E-state index contributed by atoms with van der Waals surface area (Å²) < 4.78 is 0. The number of primary amides is 1. The molecule has 1 aliphatic rings. The molecule has 3 aromatic rings. The summed E-state index contributed by atoms with van der Waals surface area (Å²) in [5.74, 6) is -0.546. The van der Waals surface area contributed by atoms with Crippen LogP contribution in [0, 0.1) is 6.92 Å². The summed E-state index contributed by atoms with van der Waals surface area (Å²) in [6.07, 6.45) is 9.55. The predicted molar refractivity (Wildman–Crippen MR) is 153 cm³/mol. The van der Waals surface area contributed by atoms with Crippen molar-refractivity contribution in [2.45, 2.75) is 71.6 Å². The van der Waals surface area contributed by atoms with Crippen LogP contribution in [0.3, 0.4) is 0 Å². The number of anilines is 2.